The van der Waals surface area contributed by atoms with Crippen molar-refractivity contribution in [1.29, 1.82) is 0 Å². The van der Waals surface area contributed by atoms with Crippen LogP contribution in [0.15, 0.2) is 17.1 Å². The minimum atomic E-state index is -0.112. The predicted octanol–water partition coefficient (Wildman–Crippen LogP) is 2.46. The first-order valence-corrected chi connectivity index (χ1v) is 6.96. The first kappa shape index (κ1) is 12.3. The van der Waals surface area contributed by atoms with E-state index in [1.54, 1.807) is 35.3 Å². The number of hydrogen-bond donors (Lipinski definition) is 1. The van der Waals surface area contributed by atoms with Gasteiger partial charge in [-0.1, -0.05) is 0 Å². The van der Waals surface area contributed by atoms with Crippen molar-refractivity contribution in [2.75, 3.05) is 0 Å². The molecule has 0 saturated carbocycles. The minimum Gasteiger partial charge on any atom is -0.323 e. The van der Waals surface area contributed by atoms with Crippen molar-refractivity contribution in [2.45, 2.75) is 13.8 Å². The Morgan fingerprint density at radius 1 is 1.42 bits per heavy atom. The minimum absolute atomic E-state index is 0.112. The quantitative estimate of drug-likeness (QED) is 0.701. The van der Waals surface area contributed by atoms with E-state index >= 15 is 0 Å². The largest absolute Gasteiger partial charge is 0.323 e. The molecule has 3 aromatic heterocycles. The summed E-state index contributed by atoms with van der Waals surface area (Å²) >= 11 is 6.83. The van der Waals surface area contributed by atoms with E-state index in [2.05, 4.69) is 10.1 Å². The third kappa shape index (κ3) is 1.77. The summed E-state index contributed by atoms with van der Waals surface area (Å²) in [6, 6.07) is 1.77. The highest BCUT2D eigenvalue weighted by molar-refractivity contribution is 7.71. The molecule has 0 aliphatic rings. The van der Waals surface area contributed by atoms with E-state index in [0.717, 1.165) is 15.3 Å². The third-order valence-corrected chi connectivity index (χ3v) is 4.56. The molecule has 0 radical (unpaired) electrons. The molecular weight excluding hydrogens is 280 g/mol. The molecule has 0 aromatic carbocycles. The number of nitrogens with zero attached hydrogens (tertiary/aromatic N) is 3. The van der Waals surface area contributed by atoms with Gasteiger partial charge < -0.3 is 4.98 Å². The lowest BCUT2D eigenvalue weighted by Crippen LogP contribution is -2.21. The van der Waals surface area contributed by atoms with Gasteiger partial charge in [0, 0.05) is 24.2 Å². The Hall–Kier alpha value is -1.73. The fraction of sp³-hybridized carbons (Fsp3) is 0.250. The molecule has 0 spiro atoms. The number of thiophene rings is 1. The van der Waals surface area contributed by atoms with Gasteiger partial charge >= 0.3 is 0 Å². The summed E-state index contributed by atoms with van der Waals surface area (Å²) in [5.74, 6) is 0.541. The van der Waals surface area contributed by atoms with E-state index in [9.17, 15) is 4.79 Å². The standard InChI is InChI=1S/C12H12N4OS2/c1-6-7(2)19-10-9(6)11(17)16(12(18)13-10)8-4-5-15(3)14-8/h4-5H,1-3H3,(H,13,18). The molecule has 3 aromatic rings. The number of fused-ring (bicyclic) bond motifs is 1. The van der Waals surface area contributed by atoms with Crippen LogP contribution in [0.25, 0.3) is 16.0 Å². The predicted molar refractivity (Wildman–Crippen MR) is 78.8 cm³/mol. The van der Waals surface area contributed by atoms with E-state index in [0.29, 0.717) is 16.0 Å². The number of hydrogen-bond acceptors (Lipinski definition) is 4. The Morgan fingerprint density at radius 3 is 2.79 bits per heavy atom. The SMILES string of the molecule is Cc1sc2[nH]c(=S)n(-c3ccn(C)n3)c(=O)c2c1C. The van der Waals surface area contributed by atoms with Gasteiger partial charge in [-0.2, -0.15) is 5.10 Å². The third-order valence-electron chi connectivity index (χ3n) is 3.15. The molecule has 3 rings (SSSR count). The Kier molecular flexibility index (Phi) is 2.68. The first-order valence-electron chi connectivity index (χ1n) is 5.74. The number of nitrogens with one attached hydrogen (secondary N) is 1. The molecule has 5 nitrogen and oxygen atoms in total. The summed E-state index contributed by atoms with van der Waals surface area (Å²) in [7, 11) is 1.81. The van der Waals surface area contributed by atoms with Crippen molar-refractivity contribution in [3.05, 3.63) is 37.8 Å². The monoisotopic (exact) mass is 292 g/mol. The van der Waals surface area contributed by atoms with Crippen molar-refractivity contribution in [3.8, 4) is 5.82 Å². The number of aromatic amines is 1. The smallest absolute Gasteiger partial charge is 0.269 e. The Balaban J connectivity index is 2.47. The Morgan fingerprint density at radius 2 is 2.16 bits per heavy atom. The molecule has 0 saturated heterocycles. The number of H-pyrrole nitrogens is 1. The van der Waals surface area contributed by atoms with Gasteiger partial charge in [-0.3, -0.25) is 9.48 Å². The molecular formula is C12H12N4OS2. The van der Waals surface area contributed by atoms with Gasteiger partial charge in [0.05, 0.1) is 5.39 Å². The zero-order valence-electron chi connectivity index (χ0n) is 10.7. The zero-order valence-corrected chi connectivity index (χ0v) is 12.4. The first-order chi connectivity index (χ1) is 8.99. The van der Waals surface area contributed by atoms with Crippen LogP contribution in [0.2, 0.25) is 0 Å². The second-order valence-corrected chi connectivity index (χ2v) is 6.02. The van der Waals surface area contributed by atoms with Crippen molar-refractivity contribution in [2.24, 2.45) is 7.05 Å². The zero-order chi connectivity index (χ0) is 13.7. The van der Waals surface area contributed by atoms with E-state index in [-0.39, 0.29) is 5.56 Å². The van der Waals surface area contributed by atoms with Gasteiger partial charge in [0.2, 0.25) is 0 Å². The van der Waals surface area contributed by atoms with Crippen molar-refractivity contribution >= 4 is 33.8 Å². The molecule has 7 heteroatoms. The van der Waals surface area contributed by atoms with E-state index in [1.807, 2.05) is 13.8 Å². The van der Waals surface area contributed by atoms with Crippen LogP contribution in [0, 0.1) is 18.6 Å². The van der Waals surface area contributed by atoms with E-state index in [1.165, 1.54) is 4.57 Å². The number of aryl methyl sites for hydroxylation is 3. The van der Waals surface area contributed by atoms with Crippen LogP contribution in [0.1, 0.15) is 10.4 Å². The van der Waals surface area contributed by atoms with Gasteiger partial charge in [-0.15, -0.1) is 11.3 Å². The molecule has 0 fully saturated rings. The molecule has 19 heavy (non-hydrogen) atoms. The lowest BCUT2D eigenvalue weighted by Gasteiger charge is -2.02. The van der Waals surface area contributed by atoms with Gasteiger partial charge in [0.15, 0.2) is 10.6 Å². The average molecular weight is 292 g/mol. The summed E-state index contributed by atoms with van der Waals surface area (Å²) in [4.78, 5) is 17.7. The highest BCUT2D eigenvalue weighted by Crippen LogP contribution is 2.26. The van der Waals surface area contributed by atoms with Gasteiger partial charge in [0.1, 0.15) is 4.83 Å². The summed E-state index contributed by atoms with van der Waals surface area (Å²) in [5.41, 5.74) is 0.889. The summed E-state index contributed by atoms with van der Waals surface area (Å²) in [5, 5.41) is 4.94. The maximum atomic E-state index is 12.6. The molecule has 0 bridgehead atoms. The van der Waals surface area contributed by atoms with Crippen LogP contribution < -0.4 is 5.56 Å². The maximum absolute atomic E-state index is 12.6. The normalized spacial score (nSPS) is 11.3. The Bertz CT molecular complexity index is 897. The maximum Gasteiger partial charge on any atom is 0.269 e. The molecule has 1 N–H and O–H groups in total. The highest BCUT2D eigenvalue weighted by Gasteiger charge is 2.14. The van der Waals surface area contributed by atoms with Gasteiger partial charge in [-0.05, 0) is 31.6 Å². The van der Waals surface area contributed by atoms with Gasteiger partial charge in [0.25, 0.3) is 5.56 Å². The summed E-state index contributed by atoms with van der Waals surface area (Å²) in [6.07, 6.45) is 1.78. The molecule has 0 aliphatic heterocycles. The topological polar surface area (TPSA) is 55.6 Å². The fourth-order valence-corrected chi connectivity index (χ4v) is 3.45. The van der Waals surface area contributed by atoms with Crippen molar-refractivity contribution in [1.82, 2.24) is 19.3 Å². The second kappa shape index (κ2) is 4.14. The molecule has 98 valence electrons. The highest BCUT2D eigenvalue weighted by atomic mass is 32.1. The van der Waals surface area contributed by atoms with E-state index < -0.39 is 0 Å². The summed E-state index contributed by atoms with van der Waals surface area (Å²) < 4.78 is 3.46. The summed E-state index contributed by atoms with van der Waals surface area (Å²) in [6.45, 7) is 3.96. The number of aromatic nitrogens is 4. The van der Waals surface area contributed by atoms with Crippen LogP contribution in [0.5, 0.6) is 0 Å². The second-order valence-electron chi connectivity index (χ2n) is 4.41. The Labute approximate surface area is 118 Å². The number of rotatable bonds is 1. The molecule has 0 amide bonds. The van der Waals surface area contributed by atoms with Crippen LogP contribution in [-0.4, -0.2) is 19.3 Å². The molecule has 0 aliphatic carbocycles. The average Bonchev–Trinajstić information content (AvgIpc) is 2.85. The van der Waals surface area contributed by atoms with Crippen molar-refractivity contribution in [3.63, 3.8) is 0 Å². The van der Waals surface area contributed by atoms with Gasteiger partial charge in [-0.25, -0.2) is 4.57 Å². The van der Waals surface area contributed by atoms with Crippen molar-refractivity contribution < 1.29 is 0 Å². The molecule has 0 unspecified atom stereocenters. The van der Waals surface area contributed by atoms with Crippen LogP contribution in [-0.2, 0) is 7.05 Å². The van der Waals surface area contributed by atoms with Crippen LogP contribution >= 0.6 is 23.6 Å². The molecule has 3 heterocycles. The van der Waals surface area contributed by atoms with Crippen LogP contribution in [0.4, 0.5) is 0 Å². The fourth-order valence-electron chi connectivity index (χ4n) is 2.06. The lowest BCUT2D eigenvalue weighted by atomic mass is 10.2. The van der Waals surface area contributed by atoms with E-state index in [4.69, 9.17) is 12.2 Å². The molecule has 0 atom stereocenters. The van der Waals surface area contributed by atoms with Crippen LogP contribution in [0.3, 0.4) is 0 Å². The lowest BCUT2D eigenvalue weighted by molar-refractivity contribution is 0.742.